The van der Waals surface area contributed by atoms with Gasteiger partial charge in [0.15, 0.2) is 0 Å². The van der Waals surface area contributed by atoms with Crippen LogP contribution in [0.4, 0.5) is 8.78 Å². The molecule has 1 aromatic carbocycles. The summed E-state index contributed by atoms with van der Waals surface area (Å²) >= 11 is 0. The van der Waals surface area contributed by atoms with Crippen molar-refractivity contribution in [3.8, 4) is 0 Å². The Kier molecular flexibility index (Phi) is 4.02. The molecule has 0 amide bonds. The van der Waals surface area contributed by atoms with Crippen LogP contribution >= 0.6 is 0 Å². The highest BCUT2D eigenvalue weighted by molar-refractivity contribution is 5.77. The van der Waals surface area contributed by atoms with E-state index in [1.807, 2.05) is 16.7 Å². The minimum Gasteiger partial charge on any atom is -0.325 e. The van der Waals surface area contributed by atoms with Gasteiger partial charge in [0, 0.05) is 35.3 Å². The maximum Gasteiger partial charge on any atom is 0.140 e. The van der Waals surface area contributed by atoms with Crippen LogP contribution in [0.1, 0.15) is 30.0 Å². The number of pyridine rings is 1. The summed E-state index contributed by atoms with van der Waals surface area (Å²) in [5.74, 6) is -0.691. The van der Waals surface area contributed by atoms with Crippen molar-refractivity contribution in [3.63, 3.8) is 0 Å². The molecule has 5 heteroatoms. The van der Waals surface area contributed by atoms with E-state index in [9.17, 15) is 8.78 Å². The molecule has 1 fully saturated rings. The second kappa shape index (κ2) is 6.32. The fourth-order valence-electron chi connectivity index (χ4n) is 3.56. The number of aromatic nitrogens is 2. The van der Waals surface area contributed by atoms with E-state index < -0.39 is 11.6 Å². The lowest BCUT2D eigenvalue weighted by atomic mass is 9.96. The Labute approximate surface area is 139 Å². The van der Waals surface area contributed by atoms with Gasteiger partial charge in [0.05, 0.1) is 6.54 Å². The predicted octanol–water partition coefficient (Wildman–Crippen LogP) is 3.83. The number of hydrogen-bond donors (Lipinski definition) is 1. The summed E-state index contributed by atoms with van der Waals surface area (Å²) < 4.78 is 30.2. The molecule has 0 unspecified atom stereocenters. The fraction of sp³-hybridized carbons (Fsp3) is 0.316. The minimum absolute atomic E-state index is 0.0886. The van der Waals surface area contributed by atoms with Crippen molar-refractivity contribution < 1.29 is 8.78 Å². The lowest BCUT2D eigenvalue weighted by Crippen LogP contribution is -2.29. The summed E-state index contributed by atoms with van der Waals surface area (Å²) in [5, 5.41) is 4.42. The molecule has 1 N–H and O–H groups in total. The first-order valence-corrected chi connectivity index (χ1v) is 8.32. The molecule has 0 spiro atoms. The highest BCUT2D eigenvalue weighted by atomic mass is 19.1. The third-order valence-electron chi connectivity index (χ3n) is 4.78. The Balaban J connectivity index is 1.83. The van der Waals surface area contributed by atoms with Gasteiger partial charge < -0.3 is 9.88 Å². The van der Waals surface area contributed by atoms with Crippen LogP contribution < -0.4 is 5.32 Å². The average Bonchev–Trinajstić information content (AvgIpc) is 2.98. The Morgan fingerprint density at radius 1 is 1.17 bits per heavy atom. The maximum absolute atomic E-state index is 14.1. The molecule has 4 rings (SSSR count). The highest BCUT2D eigenvalue weighted by Gasteiger charge is 2.22. The Morgan fingerprint density at radius 3 is 2.75 bits per heavy atom. The first-order valence-electron chi connectivity index (χ1n) is 8.32. The normalized spacial score (nSPS) is 18.2. The Morgan fingerprint density at radius 2 is 2.00 bits per heavy atom. The van der Waals surface area contributed by atoms with Crippen molar-refractivity contribution in [2.24, 2.45) is 0 Å². The topological polar surface area (TPSA) is 29.9 Å². The highest BCUT2D eigenvalue weighted by Crippen LogP contribution is 2.30. The first-order chi connectivity index (χ1) is 11.7. The molecule has 1 saturated heterocycles. The third kappa shape index (κ3) is 2.69. The van der Waals surface area contributed by atoms with Gasteiger partial charge in [-0.15, -0.1) is 0 Å². The summed E-state index contributed by atoms with van der Waals surface area (Å²) in [6.07, 6.45) is 3.90. The zero-order valence-corrected chi connectivity index (χ0v) is 13.3. The van der Waals surface area contributed by atoms with Crippen LogP contribution in [0.25, 0.3) is 11.0 Å². The predicted molar refractivity (Wildman–Crippen MR) is 90.0 cm³/mol. The molecule has 0 aliphatic carbocycles. The van der Waals surface area contributed by atoms with E-state index in [0.29, 0.717) is 5.92 Å². The Hall–Kier alpha value is -2.27. The molecule has 0 saturated carbocycles. The van der Waals surface area contributed by atoms with Crippen molar-refractivity contribution in [1.82, 2.24) is 14.9 Å². The van der Waals surface area contributed by atoms with Gasteiger partial charge in [-0.1, -0.05) is 6.07 Å². The smallest absolute Gasteiger partial charge is 0.140 e. The van der Waals surface area contributed by atoms with Gasteiger partial charge in [-0.25, -0.2) is 13.8 Å². The molecule has 124 valence electrons. The van der Waals surface area contributed by atoms with Crippen LogP contribution in [0, 0.1) is 11.6 Å². The SMILES string of the molecule is Fc1cccc(F)c1Cn1c([C@@H]2CCCNC2)cc2cccnc21. The molecule has 0 bridgehead atoms. The van der Waals surface area contributed by atoms with Gasteiger partial charge in [0.25, 0.3) is 0 Å². The number of nitrogens with one attached hydrogen (secondary N) is 1. The van der Waals surface area contributed by atoms with Crippen LogP contribution in [0.3, 0.4) is 0 Å². The number of piperidine rings is 1. The zero-order valence-electron chi connectivity index (χ0n) is 13.3. The standard InChI is InChI=1S/C19H19F2N3/c20-16-6-1-7-17(21)15(16)12-24-18(14-5-2-8-22-11-14)10-13-4-3-9-23-19(13)24/h1,3-4,6-7,9-10,14,22H,2,5,8,11-12H2/t14-/m1/s1. The Bertz CT molecular complexity index is 846. The quantitative estimate of drug-likeness (QED) is 0.792. The molecule has 3 aromatic rings. The third-order valence-corrected chi connectivity index (χ3v) is 4.78. The van der Waals surface area contributed by atoms with E-state index in [1.54, 1.807) is 6.20 Å². The molecule has 3 nitrogen and oxygen atoms in total. The maximum atomic E-state index is 14.1. The second-order valence-corrected chi connectivity index (χ2v) is 6.32. The molecule has 0 radical (unpaired) electrons. The summed E-state index contributed by atoms with van der Waals surface area (Å²) in [7, 11) is 0. The van der Waals surface area contributed by atoms with Crippen molar-refractivity contribution in [1.29, 1.82) is 0 Å². The van der Waals surface area contributed by atoms with Gasteiger partial charge in [0.2, 0.25) is 0 Å². The van der Waals surface area contributed by atoms with Crippen LogP contribution in [-0.2, 0) is 6.54 Å². The molecular weight excluding hydrogens is 308 g/mol. The van der Waals surface area contributed by atoms with Crippen molar-refractivity contribution in [3.05, 3.63) is 65.5 Å². The average molecular weight is 327 g/mol. The first kappa shape index (κ1) is 15.3. The molecular formula is C19H19F2N3. The van der Waals surface area contributed by atoms with Crippen molar-refractivity contribution in [2.75, 3.05) is 13.1 Å². The van der Waals surface area contributed by atoms with Gasteiger partial charge in [-0.2, -0.15) is 0 Å². The number of nitrogens with zero attached hydrogens (tertiary/aromatic N) is 2. The lowest BCUT2D eigenvalue weighted by molar-refractivity contribution is 0.442. The van der Waals surface area contributed by atoms with E-state index in [0.717, 1.165) is 42.7 Å². The molecule has 1 aliphatic rings. The summed E-state index contributed by atoms with van der Waals surface area (Å²) in [4.78, 5) is 4.45. The number of rotatable bonds is 3. The summed E-state index contributed by atoms with van der Waals surface area (Å²) in [6, 6.07) is 10.00. The van der Waals surface area contributed by atoms with E-state index in [4.69, 9.17) is 0 Å². The van der Waals surface area contributed by atoms with E-state index in [1.165, 1.54) is 18.2 Å². The van der Waals surface area contributed by atoms with Crippen molar-refractivity contribution in [2.45, 2.75) is 25.3 Å². The molecule has 1 aliphatic heterocycles. The second-order valence-electron chi connectivity index (χ2n) is 6.32. The number of halogens is 2. The van der Waals surface area contributed by atoms with Crippen molar-refractivity contribution >= 4 is 11.0 Å². The zero-order chi connectivity index (χ0) is 16.5. The van der Waals surface area contributed by atoms with Crippen LogP contribution in [0.15, 0.2) is 42.6 Å². The monoisotopic (exact) mass is 327 g/mol. The summed E-state index contributed by atoms with van der Waals surface area (Å²) in [6.45, 7) is 2.07. The van der Waals surface area contributed by atoms with Gasteiger partial charge in [0.1, 0.15) is 17.3 Å². The van der Waals surface area contributed by atoms with Gasteiger partial charge in [-0.05, 0) is 49.7 Å². The van der Waals surface area contributed by atoms with Gasteiger partial charge in [-0.3, -0.25) is 0 Å². The van der Waals surface area contributed by atoms with Gasteiger partial charge >= 0.3 is 0 Å². The number of fused-ring (bicyclic) bond motifs is 1. The lowest BCUT2D eigenvalue weighted by Gasteiger charge is -2.24. The minimum atomic E-state index is -0.513. The molecule has 3 heterocycles. The van der Waals surface area contributed by atoms with Crippen LogP contribution in [0.2, 0.25) is 0 Å². The largest absolute Gasteiger partial charge is 0.325 e. The number of hydrogen-bond acceptors (Lipinski definition) is 2. The summed E-state index contributed by atoms with van der Waals surface area (Å²) in [5.41, 5.74) is 1.96. The van der Waals surface area contributed by atoms with E-state index in [2.05, 4.69) is 16.4 Å². The molecule has 1 atom stereocenters. The molecule has 2 aromatic heterocycles. The van der Waals surface area contributed by atoms with E-state index >= 15 is 0 Å². The van der Waals surface area contributed by atoms with Crippen LogP contribution in [-0.4, -0.2) is 22.6 Å². The molecule has 24 heavy (non-hydrogen) atoms. The van der Waals surface area contributed by atoms with Crippen LogP contribution in [0.5, 0.6) is 0 Å². The fourth-order valence-corrected chi connectivity index (χ4v) is 3.56. The van der Waals surface area contributed by atoms with E-state index in [-0.39, 0.29) is 12.1 Å². The number of benzene rings is 1.